The van der Waals surface area contributed by atoms with Crippen LogP contribution in [-0.2, 0) is 13.1 Å². The lowest BCUT2D eigenvalue weighted by atomic mass is 10.0. The molecule has 1 rings (SSSR count). The van der Waals surface area contributed by atoms with E-state index in [-0.39, 0.29) is 0 Å². The van der Waals surface area contributed by atoms with Gasteiger partial charge in [0.1, 0.15) is 12.4 Å². The summed E-state index contributed by atoms with van der Waals surface area (Å²) in [6.45, 7) is 6.99. The van der Waals surface area contributed by atoms with Crippen molar-refractivity contribution in [2.24, 2.45) is 0 Å². The normalized spacial score (nSPS) is 11.4. The second-order valence-electron chi connectivity index (χ2n) is 10.3. The van der Waals surface area contributed by atoms with E-state index in [0.717, 1.165) is 0 Å². The molecular weight excluding hydrogens is 388 g/mol. The van der Waals surface area contributed by atoms with E-state index in [4.69, 9.17) is 0 Å². The highest BCUT2D eigenvalue weighted by molar-refractivity contribution is 4.66. The summed E-state index contributed by atoms with van der Waals surface area (Å²) in [5, 5.41) is 0. The first-order valence-electron chi connectivity index (χ1n) is 14.9. The van der Waals surface area contributed by atoms with Crippen molar-refractivity contribution < 1.29 is 4.57 Å². The van der Waals surface area contributed by atoms with Crippen LogP contribution in [0, 0.1) is 0 Å². The number of hydrogen-bond donors (Lipinski definition) is 0. The van der Waals surface area contributed by atoms with Gasteiger partial charge in [-0.05, 0) is 25.7 Å². The summed E-state index contributed by atoms with van der Waals surface area (Å²) < 4.78 is 4.79. The number of unbranched alkanes of at least 4 members (excludes halogenated alkanes) is 21. The van der Waals surface area contributed by atoms with Crippen molar-refractivity contribution in [2.75, 3.05) is 0 Å². The van der Waals surface area contributed by atoms with Crippen LogP contribution in [0.5, 0.6) is 0 Å². The average molecular weight is 448 g/mol. The second kappa shape index (κ2) is 23.4. The quantitative estimate of drug-likeness (QED) is 0.104. The summed E-state index contributed by atoms with van der Waals surface area (Å²) in [6.07, 6.45) is 39.7. The van der Waals surface area contributed by atoms with E-state index in [9.17, 15) is 0 Å². The summed E-state index contributed by atoms with van der Waals surface area (Å²) in [5.41, 5.74) is 0. The monoisotopic (exact) mass is 447 g/mol. The summed E-state index contributed by atoms with van der Waals surface area (Å²) in [5.74, 6) is 0. The fraction of sp³-hybridized carbons (Fsp3) is 0.900. The van der Waals surface area contributed by atoms with Crippen LogP contribution in [0.15, 0.2) is 18.7 Å². The first-order chi connectivity index (χ1) is 15.9. The molecule has 0 radical (unpaired) electrons. The van der Waals surface area contributed by atoms with E-state index in [2.05, 4.69) is 41.7 Å². The maximum Gasteiger partial charge on any atom is 0.243 e. The Morgan fingerprint density at radius 2 is 0.844 bits per heavy atom. The third kappa shape index (κ3) is 18.8. The van der Waals surface area contributed by atoms with Crippen LogP contribution in [0.1, 0.15) is 162 Å². The lowest BCUT2D eigenvalue weighted by molar-refractivity contribution is -0.696. The fourth-order valence-corrected chi connectivity index (χ4v) is 4.80. The van der Waals surface area contributed by atoms with E-state index in [1.54, 1.807) is 0 Å². The molecule has 32 heavy (non-hydrogen) atoms. The van der Waals surface area contributed by atoms with Crippen molar-refractivity contribution in [1.82, 2.24) is 4.57 Å². The van der Waals surface area contributed by atoms with Gasteiger partial charge in [0.2, 0.25) is 6.33 Å². The van der Waals surface area contributed by atoms with Gasteiger partial charge >= 0.3 is 0 Å². The fourth-order valence-electron chi connectivity index (χ4n) is 4.80. The highest BCUT2D eigenvalue weighted by Gasteiger charge is 2.03. The topological polar surface area (TPSA) is 8.81 Å². The van der Waals surface area contributed by atoms with E-state index in [1.807, 2.05) is 0 Å². The molecule has 0 aliphatic carbocycles. The number of aryl methyl sites for hydroxylation is 2. The SMILES string of the molecule is CCCCCCCCCCCCCCCCn1cc[n+](CCCCCCCCCCC)c1. The second-order valence-corrected chi connectivity index (χ2v) is 10.3. The number of rotatable bonds is 25. The molecule has 0 fully saturated rings. The van der Waals surface area contributed by atoms with Gasteiger partial charge < -0.3 is 0 Å². The molecule has 0 amide bonds. The molecule has 0 aliphatic heterocycles. The molecule has 0 saturated heterocycles. The van der Waals surface area contributed by atoms with Crippen LogP contribution in [0.25, 0.3) is 0 Å². The van der Waals surface area contributed by atoms with Gasteiger partial charge in [0.15, 0.2) is 0 Å². The molecule has 0 N–H and O–H groups in total. The molecule has 1 aromatic heterocycles. The molecule has 0 atom stereocenters. The Kier molecular flexibility index (Phi) is 21.4. The third-order valence-electron chi connectivity index (χ3n) is 7.04. The maximum atomic E-state index is 2.40. The van der Waals surface area contributed by atoms with Gasteiger partial charge in [-0.1, -0.05) is 136 Å². The van der Waals surface area contributed by atoms with Crippen molar-refractivity contribution in [3.8, 4) is 0 Å². The van der Waals surface area contributed by atoms with E-state index < -0.39 is 0 Å². The lowest BCUT2D eigenvalue weighted by Gasteiger charge is -2.03. The van der Waals surface area contributed by atoms with Gasteiger partial charge in [-0.2, -0.15) is 0 Å². The molecule has 0 unspecified atom stereocenters. The van der Waals surface area contributed by atoms with Crippen molar-refractivity contribution in [3.63, 3.8) is 0 Å². The Morgan fingerprint density at radius 3 is 1.28 bits per heavy atom. The zero-order valence-electron chi connectivity index (χ0n) is 22.3. The summed E-state index contributed by atoms with van der Waals surface area (Å²) >= 11 is 0. The third-order valence-corrected chi connectivity index (χ3v) is 7.04. The highest BCUT2D eigenvalue weighted by Crippen LogP contribution is 2.13. The van der Waals surface area contributed by atoms with E-state index in [0.29, 0.717) is 0 Å². The minimum Gasteiger partial charge on any atom is -0.237 e. The molecule has 0 saturated carbocycles. The van der Waals surface area contributed by atoms with Crippen LogP contribution in [-0.4, -0.2) is 4.57 Å². The first-order valence-corrected chi connectivity index (χ1v) is 14.9. The van der Waals surface area contributed by atoms with Crippen LogP contribution < -0.4 is 4.57 Å². The molecule has 1 aromatic rings. The number of imidazole rings is 1. The Bertz CT molecular complexity index is 479. The standard InChI is InChI=1S/C30H59N2/c1-3-5-7-9-11-13-14-15-16-17-19-21-23-25-27-32-29-28-31(30-32)26-24-22-20-18-12-10-8-6-4-2/h28-30H,3-27H2,1-2H3/q+1. The number of aromatic nitrogens is 2. The van der Waals surface area contributed by atoms with Gasteiger partial charge in [-0.15, -0.1) is 0 Å². The summed E-state index contributed by atoms with van der Waals surface area (Å²) in [6, 6.07) is 0. The Balaban J connectivity index is 1.83. The smallest absolute Gasteiger partial charge is 0.237 e. The van der Waals surface area contributed by atoms with Crippen molar-refractivity contribution in [1.29, 1.82) is 0 Å². The Labute approximate surface area is 202 Å². The van der Waals surface area contributed by atoms with E-state index in [1.165, 1.54) is 161 Å². The number of nitrogens with zero attached hydrogens (tertiary/aromatic N) is 2. The lowest BCUT2D eigenvalue weighted by Crippen LogP contribution is -2.30. The van der Waals surface area contributed by atoms with Crippen LogP contribution in [0.2, 0.25) is 0 Å². The first kappa shape index (κ1) is 29.2. The zero-order chi connectivity index (χ0) is 23.0. The molecule has 0 bridgehead atoms. The molecule has 188 valence electrons. The minimum absolute atomic E-state index is 1.20. The summed E-state index contributed by atoms with van der Waals surface area (Å²) in [7, 11) is 0. The van der Waals surface area contributed by atoms with Gasteiger partial charge in [-0.25, -0.2) is 9.13 Å². The molecular formula is C30H59N2+. The summed E-state index contributed by atoms with van der Waals surface area (Å²) in [4.78, 5) is 0. The molecule has 2 nitrogen and oxygen atoms in total. The van der Waals surface area contributed by atoms with Crippen molar-refractivity contribution in [3.05, 3.63) is 18.7 Å². The average Bonchev–Trinajstić information content (AvgIpc) is 3.26. The molecule has 2 heteroatoms. The van der Waals surface area contributed by atoms with Crippen LogP contribution >= 0.6 is 0 Å². The molecule has 0 spiro atoms. The van der Waals surface area contributed by atoms with Crippen LogP contribution in [0.3, 0.4) is 0 Å². The Hall–Kier alpha value is -0.790. The minimum atomic E-state index is 1.20. The van der Waals surface area contributed by atoms with Crippen molar-refractivity contribution in [2.45, 2.75) is 175 Å². The predicted molar refractivity (Wildman–Crippen MR) is 142 cm³/mol. The largest absolute Gasteiger partial charge is 0.243 e. The van der Waals surface area contributed by atoms with Gasteiger partial charge in [0, 0.05) is 0 Å². The van der Waals surface area contributed by atoms with Gasteiger partial charge in [0.05, 0.1) is 13.1 Å². The zero-order valence-corrected chi connectivity index (χ0v) is 22.3. The van der Waals surface area contributed by atoms with Gasteiger partial charge in [0.25, 0.3) is 0 Å². The predicted octanol–water partition coefficient (Wildman–Crippen LogP) is 9.79. The maximum absolute atomic E-state index is 2.40. The molecule has 0 aliphatic rings. The van der Waals surface area contributed by atoms with E-state index >= 15 is 0 Å². The number of hydrogen-bond acceptors (Lipinski definition) is 0. The van der Waals surface area contributed by atoms with Crippen molar-refractivity contribution >= 4 is 0 Å². The van der Waals surface area contributed by atoms with Crippen LogP contribution in [0.4, 0.5) is 0 Å². The molecule has 1 heterocycles. The van der Waals surface area contributed by atoms with Gasteiger partial charge in [-0.3, -0.25) is 0 Å². The highest BCUT2D eigenvalue weighted by atomic mass is 15.1. The molecule has 0 aromatic carbocycles. The Morgan fingerprint density at radius 1 is 0.469 bits per heavy atom.